The highest BCUT2D eigenvalue weighted by Crippen LogP contribution is 2.23. The molecule has 1 aromatic rings. The molecule has 1 rings (SSSR count). The first-order valence-electron chi connectivity index (χ1n) is 6.29. The summed E-state index contributed by atoms with van der Waals surface area (Å²) in [5, 5.41) is 0. The largest absolute Gasteiger partial charge is 0.372 e. The fourth-order valence-corrected chi connectivity index (χ4v) is 2.50. The van der Waals surface area contributed by atoms with E-state index < -0.39 is 10.0 Å². The number of sulfonamides is 1. The van der Waals surface area contributed by atoms with Crippen LogP contribution in [-0.2, 0) is 10.0 Å². The summed E-state index contributed by atoms with van der Waals surface area (Å²) in [6.45, 7) is 9.63. The summed E-state index contributed by atoms with van der Waals surface area (Å²) in [6.07, 6.45) is 0. The van der Waals surface area contributed by atoms with E-state index in [0.29, 0.717) is 5.69 Å². The lowest BCUT2D eigenvalue weighted by molar-refractivity contribution is 0.602. The lowest BCUT2D eigenvalue weighted by atomic mass is 10.1. The third-order valence-corrected chi connectivity index (χ3v) is 4.28. The van der Waals surface area contributed by atoms with Gasteiger partial charge in [0.15, 0.2) is 0 Å². The van der Waals surface area contributed by atoms with Gasteiger partial charge in [0.1, 0.15) is 0 Å². The highest BCUT2D eigenvalue weighted by Gasteiger charge is 2.10. The van der Waals surface area contributed by atoms with Crippen molar-refractivity contribution >= 4 is 21.4 Å². The van der Waals surface area contributed by atoms with Crippen molar-refractivity contribution in [1.29, 1.82) is 0 Å². The number of benzene rings is 1. The molecule has 0 radical (unpaired) electrons. The third kappa shape index (κ3) is 3.63. The Labute approximate surface area is 110 Å². The van der Waals surface area contributed by atoms with Gasteiger partial charge in [0, 0.05) is 18.8 Å². The van der Waals surface area contributed by atoms with Gasteiger partial charge in [0.25, 0.3) is 0 Å². The maximum absolute atomic E-state index is 11.5. The minimum absolute atomic E-state index is 0.0875. The summed E-state index contributed by atoms with van der Waals surface area (Å²) in [4.78, 5) is 2.23. The summed E-state index contributed by atoms with van der Waals surface area (Å²) in [6, 6.07) is 5.80. The van der Waals surface area contributed by atoms with Crippen LogP contribution in [0.2, 0.25) is 0 Å². The Morgan fingerprint density at radius 2 is 1.78 bits per heavy atom. The van der Waals surface area contributed by atoms with Gasteiger partial charge in [-0.05, 0) is 51.5 Å². The highest BCUT2D eigenvalue weighted by atomic mass is 32.2. The van der Waals surface area contributed by atoms with Crippen LogP contribution in [-0.4, -0.2) is 27.3 Å². The summed E-state index contributed by atoms with van der Waals surface area (Å²) < 4.78 is 25.7. The van der Waals surface area contributed by atoms with Gasteiger partial charge >= 0.3 is 0 Å². The summed E-state index contributed by atoms with van der Waals surface area (Å²) in [7, 11) is -3.20. The van der Waals surface area contributed by atoms with Crippen LogP contribution in [0, 0.1) is 6.92 Å². The van der Waals surface area contributed by atoms with Crippen molar-refractivity contribution in [1.82, 2.24) is 0 Å². The van der Waals surface area contributed by atoms with E-state index in [-0.39, 0.29) is 5.75 Å². The van der Waals surface area contributed by atoms with Crippen molar-refractivity contribution in [2.45, 2.75) is 27.7 Å². The second kappa shape index (κ2) is 6.09. The molecule has 0 aliphatic rings. The lowest BCUT2D eigenvalue weighted by Gasteiger charge is -2.22. The van der Waals surface area contributed by atoms with Crippen molar-refractivity contribution in [3.63, 3.8) is 0 Å². The third-order valence-electron chi connectivity index (χ3n) is 2.98. The Morgan fingerprint density at radius 1 is 1.17 bits per heavy atom. The van der Waals surface area contributed by atoms with E-state index >= 15 is 0 Å². The lowest BCUT2D eigenvalue weighted by Crippen LogP contribution is -2.22. The van der Waals surface area contributed by atoms with E-state index in [0.717, 1.165) is 24.3 Å². The maximum atomic E-state index is 11.5. The SMILES string of the molecule is CCN(CC)c1ccc(NS(=O)(=O)CC)c(C)c1. The van der Waals surface area contributed by atoms with Gasteiger partial charge in [-0.3, -0.25) is 4.72 Å². The maximum Gasteiger partial charge on any atom is 0.232 e. The molecule has 1 N–H and O–H groups in total. The molecule has 0 aliphatic heterocycles. The predicted octanol–water partition coefficient (Wildman–Crippen LogP) is 2.60. The monoisotopic (exact) mass is 270 g/mol. The molecule has 4 nitrogen and oxygen atoms in total. The number of nitrogens with zero attached hydrogens (tertiary/aromatic N) is 1. The molecule has 1 aromatic carbocycles. The molecular formula is C13H22N2O2S. The van der Waals surface area contributed by atoms with Crippen molar-refractivity contribution in [3.8, 4) is 0 Å². The van der Waals surface area contributed by atoms with E-state index in [1.165, 1.54) is 0 Å². The van der Waals surface area contributed by atoms with Gasteiger partial charge in [0.2, 0.25) is 10.0 Å². The molecule has 0 amide bonds. The van der Waals surface area contributed by atoms with Crippen molar-refractivity contribution < 1.29 is 8.42 Å². The molecule has 0 unspecified atom stereocenters. The fourth-order valence-electron chi connectivity index (χ4n) is 1.79. The van der Waals surface area contributed by atoms with E-state index in [1.54, 1.807) is 6.92 Å². The van der Waals surface area contributed by atoms with Crippen LogP contribution in [0.4, 0.5) is 11.4 Å². The average Bonchev–Trinajstić information content (AvgIpc) is 2.34. The Hall–Kier alpha value is -1.23. The van der Waals surface area contributed by atoms with Crippen LogP contribution in [0.1, 0.15) is 26.3 Å². The van der Waals surface area contributed by atoms with Crippen LogP contribution in [0.5, 0.6) is 0 Å². The smallest absolute Gasteiger partial charge is 0.232 e. The molecule has 18 heavy (non-hydrogen) atoms. The molecule has 0 atom stereocenters. The van der Waals surface area contributed by atoms with Gasteiger partial charge in [-0.15, -0.1) is 0 Å². The first-order valence-corrected chi connectivity index (χ1v) is 7.94. The second-order valence-electron chi connectivity index (χ2n) is 4.18. The first kappa shape index (κ1) is 14.8. The van der Waals surface area contributed by atoms with E-state index in [2.05, 4.69) is 23.5 Å². The number of hydrogen-bond donors (Lipinski definition) is 1. The Morgan fingerprint density at radius 3 is 2.22 bits per heavy atom. The zero-order valence-electron chi connectivity index (χ0n) is 11.5. The van der Waals surface area contributed by atoms with E-state index in [1.807, 2.05) is 25.1 Å². The summed E-state index contributed by atoms with van der Waals surface area (Å²) in [5.74, 6) is 0.0875. The Balaban J connectivity index is 3.00. The molecule has 0 spiro atoms. The van der Waals surface area contributed by atoms with Crippen LogP contribution < -0.4 is 9.62 Å². The predicted molar refractivity (Wildman–Crippen MR) is 77.8 cm³/mol. The number of hydrogen-bond acceptors (Lipinski definition) is 3. The quantitative estimate of drug-likeness (QED) is 0.864. The van der Waals surface area contributed by atoms with Crippen molar-refractivity contribution in [2.75, 3.05) is 28.5 Å². The van der Waals surface area contributed by atoms with Gasteiger partial charge in [-0.25, -0.2) is 8.42 Å². The van der Waals surface area contributed by atoms with E-state index in [9.17, 15) is 8.42 Å². The molecule has 0 fully saturated rings. The minimum atomic E-state index is -3.20. The summed E-state index contributed by atoms with van der Waals surface area (Å²) in [5.41, 5.74) is 2.72. The molecule has 0 saturated carbocycles. The Kier molecular flexibility index (Phi) is 5.02. The van der Waals surface area contributed by atoms with Crippen molar-refractivity contribution in [2.24, 2.45) is 0 Å². The summed E-state index contributed by atoms with van der Waals surface area (Å²) >= 11 is 0. The van der Waals surface area contributed by atoms with Gasteiger partial charge < -0.3 is 4.90 Å². The topological polar surface area (TPSA) is 49.4 Å². The van der Waals surface area contributed by atoms with Crippen LogP contribution >= 0.6 is 0 Å². The number of aryl methyl sites for hydroxylation is 1. The molecule has 0 saturated heterocycles. The number of rotatable bonds is 6. The average molecular weight is 270 g/mol. The molecule has 0 bridgehead atoms. The zero-order chi connectivity index (χ0) is 13.8. The zero-order valence-corrected chi connectivity index (χ0v) is 12.3. The minimum Gasteiger partial charge on any atom is -0.372 e. The Bertz CT molecular complexity index is 494. The normalized spacial score (nSPS) is 11.3. The molecular weight excluding hydrogens is 248 g/mol. The fraction of sp³-hybridized carbons (Fsp3) is 0.538. The van der Waals surface area contributed by atoms with Gasteiger partial charge in [-0.2, -0.15) is 0 Å². The van der Waals surface area contributed by atoms with Gasteiger partial charge in [0.05, 0.1) is 11.4 Å². The standard InChI is InChI=1S/C13H22N2O2S/c1-5-15(6-2)12-8-9-13(11(4)10-12)14-18(16,17)7-3/h8-10,14H,5-7H2,1-4H3. The second-order valence-corrected chi connectivity index (χ2v) is 6.19. The molecule has 102 valence electrons. The highest BCUT2D eigenvalue weighted by molar-refractivity contribution is 7.92. The number of nitrogens with one attached hydrogen (secondary N) is 1. The number of anilines is 2. The first-order chi connectivity index (χ1) is 8.43. The van der Waals surface area contributed by atoms with Crippen LogP contribution in [0.15, 0.2) is 18.2 Å². The van der Waals surface area contributed by atoms with E-state index in [4.69, 9.17) is 0 Å². The van der Waals surface area contributed by atoms with Gasteiger partial charge in [-0.1, -0.05) is 0 Å². The van der Waals surface area contributed by atoms with Crippen molar-refractivity contribution in [3.05, 3.63) is 23.8 Å². The molecule has 0 heterocycles. The van der Waals surface area contributed by atoms with Crippen LogP contribution in [0.3, 0.4) is 0 Å². The molecule has 5 heteroatoms. The molecule has 0 aromatic heterocycles. The van der Waals surface area contributed by atoms with Crippen LogP contribution in [0.25, 0.3) is 0 Å². The molecule has 0 aliphatic carbocycles.